The third-order valence-electron chi connectivity index (χ3n) is 8.03. The molecule has 1 aliphatic heterocycles. The number of nitrogens with zero attached hydrogens (tertiary/aromatic N) is 3. The van der Waals surface area contributed by atoms with E-state index in [9.17, 15) is 56.0 Å². The van der Waals surface area contributed by atoms with Gasteiger partial charge >= 0.3 is 0 Å². The largest absolute Gasteiger partial charge is 0.397 e. The molecular formula is C29H26ClN7O13S2. The number of aromatic nitrogens is 3. The van der Waals surface area contributed by atoms with E-state index in [2.05, 4.69) is 30.9 Å². The van der Waals surface area contributed by atoms with Gasteiger partial charge in [0.1, 0.15) is 34.2 Å². The third kappa shape index (κ3) is 6.86. The minimum Gasteiger partial charge on any atom is -0.397 e. The molecule has 2 aliphatic rings. The normalized spacial score (nSPS) is 21.6. The number of benzene rings is 3. The highest BCUT2D eigenvalue weighted by atomic mass is 35.5. The van der Waals surface area contributed by atoms with Crippen molar-refractivity contribution < 1.29 is 60.7 Å². The number of hydrogen-bond acceptors (Lipinski definition) is 18. The van der Waals surface area contributed by atoms with Crippen molar-refractivity contribution in [3.05, 3.63) is 76.1 Å². The molecule has 1 fully saturated rings. The summed E-state index contributed by atoms with van der Waals surface area (Å²) in [4.78, 5) is 37.0. The monoisotopic (exact) mass is 779 g/mol. The Morgan fingerprint density at radius 1 is 0.769 bits per heavy atom. The van der Waals surface area contributed by atoms with Crippen LogP contribution in [0, 0.1) is 0 Å². The summed E-state index contributed by atoms with van der Waals surface area (Å²) in [7, 11) is -10.1. The molecule has 0 amide bonds. The van der Waals surface area contributed by atoms with Crippen LogP contribution in [0.2, 0.25) is 5.28 Å². The molecular weight excluding hydrogens is 754 g/mol. The molecule has 0 saturated carbocycles. The summed E-state index contributed by atoms with van der Waals surface area (Å²) < 4.78 is 75.0. The van der Waals surface area contributed by atoms with Crippen molar-refractivity contribution in [1.29, 1.82) is 0 Å². The van der Waals surface area contributed by atoms with Crippen LogP contribution in [0.4, 0.5) is 34.6 Å². The van der Waals surface area contributed by atoms with Crippen molar-refractivity contribution in [2.75, 3.05) is 28.3 Å². The molecule has 23 heteroatoms. The van der Waals surface area contributed by atoms with E-state index in [4.69, 9.17) is 22.1 Å². The molecule has 20 nitrogen and oxygen atoms in total. The molecule has 0 bridgehead atoms. The average Bonchev–Trinajstić information content (AvgIpc) is 3.07. The second kappa shape index (κ2) is 13.6. The number of halogens is 1. The summed E-state index contributed by atoms with van der Waals surface area (Å²) in [5, 5.41) is 47.1. The quantitative estimate of drug-likeness (QED) is 0.0699. The van der Waals surface area contributed by atoms with Crippen LogP contribution in [0.5, 0.6) is 0 Å². The molecule has 5 atom stereocenters. The Hall–Kier alpha value is -4.88. The van der Waals surface area contributed by atoms with Gasteiger partial charge in [0.15, 0.2) is 17.8 Å². The number of nitrogens with two attached hydrogens (primary N) is 1. The smallest absolute Gasteiger partial charge is 0.296 e. The summed E-state index contributed by atoms with van der Waals surface area (Å²) in [5.74, 6) is -2.37. The third-order valence-corrected chi connectivity index (χ3v) is 9.99. The van der Waals surface area contributed by atoms with Crippen LogP contribution in [0.15, 0.2) is 58.3 Å². The van der Waals surface area contributed by atoms with Crippen molar-refractivity contribution in [2.45, 2.75) is 40.4 Å². The number of nitrogen functional groups attached to an aromatic ring is 1. The Bertz CT molecular complexity index is 2360. The Morgan fingerprint density at radius 3 is 2.00 bits per heavy atom. The van der Waals surface area contributed by atoms with Gasteiger partial charge in [-0.1, -0.05) is 24.3 Å². The van der Waals surface area contributed by atoms with Gasteiger partial charge in [0.05, 0.1) is 34.8 Å². The molecule has 11 N–H and O–H groups in total. The number of fused-ring (bicyclic) bond motifs is 2. The first-order valence-corrected chi connectivity index (χ1v) is 17.9. The van der Waals surface area contributed by atoms with Crippen LogP contribution < -0.4 is 21.7 Å². The molecule has 1 aromatic heterocycles. The van der Waals surface area contributed by atoms with Crippen molar-refractivity contribution in [2.24, 2.45) is 0 Å². The average molecular weight is 780 g/mol. The lowest BCUT2D eigenvalue weighted by molar-refractivity contribution is -0.221. The van der Waals surface area contributed by atoms with E-state index in [-0.39, 0.29) is 39.7 Å². The molecule has 0 spiro atoms. The molecule has 1 saturated heterocycles. The molecule has 4 aromatic rings. The number of ketones is 2. The summed E-state index contributed by atoms with van der Waals surface area (Å²) in [6, 6.07) is 9.65. The summed E-state index contributed by atoms with van der Waals surface area (Å²) in [5.41, 5.74) is 3.43. The standard InChI is InChI=1S/C29H26ClN7O13S2/c30-27-35-28(37-29(36-27)34-26-25(43)24(42)23(41)15(9-38)50-26)33-13-6-5-10(7-16(13)51(44,45)46)32-14-8-17(52(47,48)49)20(31)19-18(14)21(39)11-3-1-2-4-12(11)22(19)40/h1-8,15,23-26,32,38,41-43H,9,31H2,(H,44,45,46)(H,47,48,49)(H2,33,34,35,36,37)/t15-,23+,24+,25-,26-/m1/s1. The van der Waals surface area contributed by atoms with Crippen molar-refractivity contribution in [3.8, 4) is 0 Å². The van der Waals surface area contributed by atoms with Gasteiger partial charge in [0.25, 0.3) is 20.2 Å². The Labute approximate surface area is 297 Å². The van der Waals surface area contributed by atoms with Crippen molar-refractivity contribution in [3.63, 3.8) is 0 Å². The van der Waals surface area contributed by atoms with Gasteiger partial charge < -0.3 is 46.8 Å². The van der Waals surface area contributed by atoms with Crippen LogP contribution in [-0.4, -0.2) is 110 Å². The number of carbonyl (C=O) groups is 2. The van der Waals surface area contributed by atoms with Crippen LogP contribution in [0.25, 0.3) is 0 Å². The molecule has 0 radical (unpaired) electrons. The minimum atomic E-state index is -5.08. The van der Waals surface area contributed by atoms with Gasteiger partial charge in [-0.3, -0.25) is 18.7 Å². The fourth-order valence-electron chi connectivity index (χ4n) is 5.62. The summed E-state index contributed by atoms with van der Waals surface area (Å²) in [6.45, 7) is -0.720. The maximum absolute atomic E-state index is 13.6. The lowest BCUT2D eigenvalue weighted by Crippen LogP contribution is -2.60. The Kier molecular flexibility index (Phi) is 9.64. The second-order valence-electron chi connectivity index (χ2n) is 11.3. The fourth-order valence-corrected chi connectivity index (χ4v) is 7.10. The van der Waals surface area contributed by atoms with E-state index >= 15 is 0 Å². The van der Waals surface area contributed by atoms with Gasteiger partial charge in [0, 0.05) is 16.8 Å². The zero-order valence-corrected chi connectivity index (χ0v) is 28.3. The minimum absolute atomic E-state index is 0.0309. The van der Waals surface area contributed by atoms with E-state index in [0.717, 1.165) is 18.2 Å². The van der Waals surface area contributed by atoms with E-state index in [1.807, 2.05) is 0 Å². The highest BCUT2D eigenvalue weighted by Crippen LogP contribution is 2.40. The topological polar surface area (TPSA) is 334 Å². The van der Waals surface area contributed by atoms with Gasteiger partial charge in [0.2, 0.25) is 17.2 Å². The lowest BCUT2D eigenvalue weighted by atomic mass is 9.82. The number of nitrogens with one attached hydrogen (secondary N) is 3. The first-order valence-electron chi connectivity index (χ1n) is 14.7. The zero-order valence-electron chi connectivity index (χ0n) is 25.9. The SMILES string of the molecule is Nc1c(S(=O)(=O)O)cc(Nc2ccc(Nc3nc(Cl)nc(N[C@@H]4O[C@H](CO)[C@H](O)[C@H](O)[C@H]4O)n3)c(S(=O)(=O)O)c2)c2c1C(=O)c1ccccc1C2=O. The molecule has 274 valence electrons. The predicted octanol–water partition coefficient (Wildman–Crippen LogP) is 0.0750. The molecule has 3 aromatic carbocycles. The first kappa shape index (κ1) is 36.9. The second-order valence-corrected chi connectivity index (χ2v) is 14.5. The molecule has 2 heterocycles. The molecule has 52 heavy (non-hydrogen) atoms. The summed E-state index contributed by atoms with van der Waals surface area (Å²) in [6.07, 6.45) is -7.88. The fraction of sp³-hybridized carbons (Fsp3) is 0.207. The maximum Gasteiger partial charge on any atom is 0.296 e. The maximum atomic E-state index is 13.6. The first-order chi connectivity index (χ1) is 24.4. The van der Waals surface area contributed by atoms with Crippen LogP contribution in [-0.2, 0) is 25.0 Å². The van der Waals surface area contributed by atoms with Gasteiger partial charge in [-0.25, -0.2) is 0 Å². The number of rotatable bonds is 9. The Balaban J connectivity index is 1.36. The Morgan fingerprint density at radius 2 is 1.38 bits per heavy atom. The number of aliphatic hydroxyl groups is 4. The highest BCUT2D eigenvalue weighted by Gasteiger charge is 2.44. The predicted molar refractivity (Wildman–Crippen MR) is 179 cm³/mol. The lowest BCUT2D eigenvalue weighted by Gasteiger charge is -2.40. The van der Waals surface area contributed by atoms with Crippen LogP contribution in [0.1, 0.15) is 31.8 Å². The van der Waals surface area contributed by atoms with Crippen molar-refractivity contribution >= 4 is 78.0 Å². The van der Waals surface area contributed by atoms with Crippen molar-refractivity contribution in [1.82, 2.24) is 15.0 Å². The molecule has 1 aliphatic carbocycles. The van der Waals surface area contributed by atoms with Gasteiger partial charge in [-0.05, 0) is 35.9 Å². The van der Waals surface area contributed by atoms with E-state index in [1.165, 1.54) is 30.3 Å². The zero-order chi connectivity index (χ0) is 37.9. The summed E-state index contributed by atoms with van der Waals surface area (Å²) >= 11 is 6.02. The van der Waals surface area contributed by atoms with E-state index in [0.29, 0.717) is 0 Å². The van der Waals surface area contributed by atoms with Gasteiger partial charge in [-0.15, -0.1) is 0 Å². The van der Waals surface area contributed by atoms with Crippen LogP contribution in [0.3, 0.4) is 0 Å². The number of aliphatic hydroxyl groups excluding tert-OH is 4. The number of hydrogen-bond donors (Lipinski definition) is 10. The number of carbonyl (C=O) groups excluding carboxylic acids is 2. The highest BCUT2D eigenvalue weighted by molar-refractivity contribution is 7.86. The number of anilines is 6. The van der Waals surface area contributed by atoms with E-state index in [1.54, 1.807) is 0 Å². The van der Waals surface area contributed by atoms with Gasteiger partial charge in [-0.2, -0.15) is 31.8 Å². The molecule has 0 unspecified atom stereocenters. The number of ether oxygens (including phenoxy) is 1. The molecule has 6 rings (SSSR count). The van der Waals surface area contributed by atoms with E-state index < -0.39 is 101 Å². The van der Waals surface area contributed by atoms with Crippen LogP contribution >= 0.6 is 11.6 Å².